The Hall–Kier alpha value is -2.21. The first-order valence-electron chi connectivity index (χ1n) is 17.7. The standard InChI is InChI=1S/C37H64N2O4/c1-4-6-8-10-12-14-16-18-20-22-26-39(27-23-21-19-17-15-13-11-9-7-5-2)28-24-25-38-36(41)34-29-33(32-40)30-35(31-34)37(42)43-3/h29-32H,4-28H2,1-3H3,(H,38,41). The van der Waals surface area contributed by atoms with Crippen molar-refractivity contribution in [3.63, 3.8) is 0 Å². The molecule has 0 spiro atoms. The van der Waals surface area contributed by atoms with Crippen LogP contribution in [0.1, 0.15) is 180 Å². The van der Waals surface area contributed by atoms with Crippen LogP contribution >= 0.6 is 0 Å². The Morgan fingerprint density at radius 3 is 1.49 bits per heavy atom. The van der Waals surface area contributed by atoms with Gasteiger partial charge in [-0.25, -0.2) is 4.79 Å². The van der Waals surface area contributed by atoms with Crippen LogP contribution in [0.2, 0.25) is 0 Å². The van der Waals surface area contributed by atoms with E-state index in [1.165, 1.54) is 154 Å². The fraction of sp³-hybridized carbons (Fsp3) is 0.757. The minimum Gasteiger partial charge on any atom is -0.465 e. The minimum atomic E-state index is -0.563. The largest absolute Gasteiger partial charge is 0.465 e. The van der Waals surface area contributed by atoms with Gasteiger partial charge in [0.15, 0.2) is 0 Å². The smallest absolute Gasteiger partial charge is 0.337 e. The average molecular weight is 601 g/mol. The van der Waals surface area contributed by atoms with Crippen molar-refractivity contribution in [3.8, 4) is 0 Å². The van der Waals surface area contributed by atoms with Gasteiger partial charge in [0.05, 0.1) is 12.7 Å². The molecule has 0 saturated heterocycles. The predicted octanol–water partition coefficient (Wildman–Crippen LogP) is 9.55. The van der Waals surface area contributed by atoms with Gasteiger partial charge in [0.1, 0.15) is 6.29 Å². The lowest BCUT2D eigenvalue weighted by atomic mass is 10.1. The number of methoxy groups -OCH3 is 1. The molecule has 1 aromatic rings. The third-order valence-electron chi connectivity index (χ3n) is 8.37. The molecular weight excluding hydrogens is 536 g/mol. The first-order valence-corrected chi connectivity index (χ1v) is 17.7. The zero-order chi connectivity index (χ0) is 31.4. The second-order valence-corrected chi connectivity index (χ2v) is 12.3. The molecule has 0 aliphatic carbocycles. The Morgan fingerprint density at radius 1 is 0.628 bits per heavy atom. The molecule has 1 aromatic carbocycles. The van der Waals surface area contributed by atoms with Gasteiger partial charge in [-0.3, -0.25) is 9.59 Å². The van der Waals surface area contributed by atoms with Crippen LogP contribution < -0.4 is 5.32 Å². The van der Waals surface area contributed by atoms with Crippen molar-refractivity contribution < 1.29 is 19.1 Å². The molecule has 0 aromatic heterocycles. The number of benzene rings is 1. The van der Waals surface area contributed by atoms with E-state index in [1.54, 1.807) is 0 Å². The van der Waals surface area contributed by atoms with E-state index in [9.17, 15) is 14.4 Å². The van der Waals surface area contributed by atoms with E-state index in [1.807, 2.05) is 0 Å². The van der Waals surface area contributed by atoms with Gasteiger partial charge in [-0.15, -0.1) is 0 Å². The SMILES string of the molecule is CCCCCCCCCCCCN(CCCCCCCCCCCC)CCCNC(=O)c1cc(C=O)cc(C(=O)OC)c1. The number of nitrogens with one attached hydrogen (secondary N) is 1. The molecule has 1 amide bonds. The summed E-state index contributed by atoms with van der Waals surface area (Å²) < 4.78 is 4.76. The van der Waals surface area contributed by atoms with E-state index in [0.717, 1.165) is 26.1 Å². The average Bonchev–Trinajstić information content (AvgIpc) is 3.03. The molecule has 0 aliphatic heterocycles. The number of hydrogen-bond donors (Lipinski definition) is 1. The van der Waals surface area contributed by atoms with Crippen molar-refractivity contribution in [2.45, 2.75) is 149 Å². The Bertz CT molecular complexity index is 833. The predicted molar refractivity (Wildman–Crippen MR) is 180 cm³/mol. The highest BCUT2D eigenvalue weighted by Crippen LogP contribution is 2.14. The maximum absolute atomic E-state index is 12.8. The fourth-order valence-corrected chi connectivity index (χ4v) is 5.67. The summed E-state index contributed by atoms with van der Waals surface area (Å²) in [7, 11) is 1.28. The number of nitrogens with zero attached hydrogens (tertiary/aromatic N) is 1. The van der Waals surface area contributed by atoms with Gasteiger partial charge >= 0.3 is 5.97 Å². The molecule has 0 bridgehead atoms. The molecular formula is C37H64N2O4. The van der Waals surface area contributed by atoms with Crippen molar-refractivity contribution in [2.24, 2.45) is 0 Å². The highest BCUT2D eigenvalue weighted by molar-refractivity contribution is 6.00. The van der Waals surface area contributed by atoms with Crippen molar-refractivity contribution >= 4 is 18.2 Å². The number of hydrogen-bond acceptors (Lipinski definition) is 5. The summed E-state index contributed by atoms with van der Waals surface area (Å²) >= 11 is 0. The van der Waals surface area contributed by atoms with Crippen molar-refractivity contribution in [2.75, 3.05) is 33.3 Å². The van der Waals surface area contributed by atoms with Gasteiger partial charge in [-0.1, -0.05) is 129 Å². The van der Waals surface area contributed by atoms with E-state index in [4.69, 9.17) is 4.74 Å². The molecule has 0 saturated carbocycles. The normalized spacial score (nSPS) is 11.2. The minimum absolute atomic E-state index is 0.205. The van der Waals surface area contributed by atoms with Crippen molar-refractivity contribution in [1.82, 2.24) is 10.2 Å². The Balaban J connectivity index is 2.42. The van der Waals surface area contributed by atoms with Gasteiger partial charge in [-0.05, 0) is 57.1 Å². The van der Waals surface area contributed by atoms with Gasteiger partial charge in [0, 0.05) is 17.7 Å². The summed E-state index contributed by atoms with van der Waals surface area (Å²) in [5.41, 5.74) is 0.793. The zero-order valence-electron chi connectivity index (χ0n) is 28.1. The van der Waals surface area contributed by atoms with Crippen LogP contribution in [0.15, 0.2) is 18.2 Å². The number of unbranched alkanes of at least 4 members (excludes halogenated alkanes) is 18. The summed E-state index contributed by atoms with van der Waals surface area (Å²) in [4.78, 5) is 38.6. The fourth-order valence-electron chi connectivity index (χ4n) is 5.67. The summed E-state index contributed by atoms with van der Waals surface area (Å²) in [5.74, 6) is -0.836. The zero-order valence-corrected chi connectivity index (χ0v) is 28.1. The highest BCUT2D eigenvalue weighted by Gasteiger charge is 2.13. The first kappa shape index (κ1) is 38.8. The number of esters is 1. The molecule has 6 nitrogen and oxygen atoms in total. The van der Waals surface area contributed by atoms with Gasteiger partial charge in [0.2, 0.25) is 0 Å². The summed E-state index contributed by atoms with van der Waals surface area (Å²) in [6, 6.07) is 4.43. The van der Waals surface area contributed by atoms with Crippen LogP contribution in [-0.4, -0.2) is 56.4 Å². The quantitative estimate of drug-likeness (QED) is 0.0563. The summed E-state index contributed by atoms with van der Waals surface area (Å²) in [6.45, 7) is 8.34. The Kier molecular flexibility index (Phi) is 24.7. The summed E-state index contributed by atoms with van der Waals surface area (Å²) in [5, 5.41) is 2.97. The molecule has 0 unspecified atom stereocenters. The molecule has 1 N–H and O–H groups in total. The molecule has 0 aliphatic rings. The lowest BCUT2D eigenvalue weighted by Crippen LogP contribution is -2.31. The topological polar surface area (TPSA) is 75.7 Å². The number of carbonyl (C=O) groups is 3. The van der Waals surface area contributed by atoms with Gasteiger partial charge in [-0.2, -0.15) is 0 Å². The lowest BCUT2D eigenvalue weighted by molar-refractivity contribution is 0.0600. The van der Waals surface area contributed by atoms with Crippen LogP contribution in [0.4, 0.5) is 0 Å². The second kappa shape index (κ2) is 27.3. The molecule has 0 radical (unpaired) electrons. The number of ether oxygens (including phenoxy) is 1. The molecule has 1 rings (SSSR count). The maximum Gasteiger partial charge on any atom is 0.337 e. The molecule has 0 fully saturated rings. The number of amides is 1. The second-order valence-electron chi connectivity index (χ2n) is 12.3. The van der Waals surface area contributed by atoms with Crippen LogP contribution in [0.3, 0.4) is 0 Å². The van der Waals surface area contributed by atoms with Crippen LogP contribution in [-0.2, 0) is 4.74 Å². The van der Waals surface area contributed by atoms with Crippen molar-refractivity contribution in [1.29, 1.82) is 0 Å². The number of aldehydes is 1. The lowest BCUT2D eigenvalue weighted by Gasteiger charge is -2.22. The van der Waals surface area contributed by atoms with Crippen LogP contribution in [0.25, 0.3) is 0 Å². The van der Waals surface area contributed by atoms with E-state index in [-0.39, 0.29) is 17.0 Å². The van der Waals surface area contributed by atoms with E-state index in [0.29, 0.717) is 18.4 Å². The Labute approximate surface area is 264 Å². The third kappa shape index (κ3) is 20.4. The molecule has 0 atom stereocenters. The monoisotopic (exact) mass is 600 g/mol. The van der Waals surface area contributed by atoms with Crippen LogP contribution in [0, 0.1) is 0 Å². The highest BCUT2D eigenvalue weighted by atomic mass is 16.5. The van der Waals surface area contributed by atoms with Gasteiger partial charge < -0.3 is 15.0 Å². The Morgan fingerprint density at radius 2 is 1.05 bits per heavy atom. The van der Waals surface area contributed by atoms with Crippen LogP contribution in [0.5, 0.6) is 0 Å². The van der Waals surface area contributed by atoms with E-state index in [2.05, 4.69) is 24.1 Å². The third-order valence-corrected chi connectivity index (χ3v) is 8.37. The molecule has 246 valence electrons. The molecule has 0 heterocycles. The first-order chi connectivity index (χ1) is 21.0. The van der Waals surface area contributed by atoms with Gasteiger partial charge in [0.25, 0.3) is 5.91 Å². The summed E-state index contributed by atoms with van der Waals surface area (Å²) in [6.07, 6.45) is 28.5. The number of rotatable bonds is 29. The number of carbonyl (C=O) groups excluding carboxylic acids is 3. The maximum atomic E-state index is 12.8. The van der Waals surface area contributed by atoms with E-state index < -0.39 is 5.97 Å². The van der Waals surface area contributed by atoms with E-state index >= 15 is 0 Å². The molecule has 6 heteroatoms. The van der Waals surface area contributed by atoms with Crippen molar-refractivity contribution in [3.05, 3.63) is 34.9 Å². The molecule has 43 heavy (non-hydrogen) atoms.